The van der Waals surface area contributed by atoms with E-state index in [1.54, 1.807) is 22.8 Å². The topological polar surface area (TPSA) is 85.7 Å². The number of amides is 1. The number of fused-ring (bicyclic) bond motifs is 2. The third-order valence-electron chi connectivity index (χ3n) is 5.46. The smallest absolute Gasteiger partial charge is 0.294 e. The van der Waals surface area contributed by atoms with Crippen molar-refractivity contribution in [2.24, 2.45) is 0 Å². The number of carbonyl (C=O) groups excluding carboxylic acids is 1. The number of aromatic nitrogens is 2. The summed E-state index contributed by atoms with van der Waals surface area (Å²) >= 11 is 0. The van der Waals surface area contributed by atoms with E-state index < -0.39 is 0 Å². The Morgan fingerprint density at radius 2 is 1.87 bits per heavy atom. The number of carbonyl (C=O) groups is 1. The SMILES string of the molecule is O=C(CCn1c(=O)c(N2CCCC2)nc2ccccc21)Nc1ccc2c(c1)OCO2. The van der Waals surface area contributed by atoms with E-state index in [1.807, 2.05) is 29.2 Å². The molecule has 1 fully saturated rings. The van der Waals surface area contributed by atoms with Crippen LogP contribution in [0.2, 0.25) is 0 Å². The number of benzene rings is 2. The maximum absolute atomic E-state index is 13.2. The molecule has 1 aromatic heterocycles. The lowest BCUT2D eigenvalue weighted by atomic mass is 10.2. The fourth-order valence-corrected chi connectivity index (χ4v) is 3.95. The molecule has 2 aromatic carbocycles. The molecular formula is C22H22N4O4. The van der Waals surface area contributed by atoms with Gasteiger partial charge in [-0.25, -0.2) is 4.98 Å². The Morgan fingerprint density at radius 3 is 2.73 bits per heavy atom. The van der Waals surface area contributed by atoms with E-state index >= 15 is 0 Å². The van der Waals surface area contributed by atoms with Gasteiger partial charge in [0.1, 0.15) is 0 Å². The van der Waals surface area contributed by atoms with Crippen LogP contribution in [0, 0.1) is 0 Å². The minimum atomic E-state index is -0.176. The highest BCUT2D eigenvalue weighted by Crippen LogP contribution is 2.34. The molecule has 0 spiro atoms. The summed E-state index contributed by atoms with van der Waals surface area (Å²) in [6.07, 6.45) is 2.29. The van der Waals surface area contributed by atoms with Gasteiger partial charge in [-0.2, -0.15) is 0 Å². The van der Waals surface area contributed by atoms with E-state index in [1.165, 1.54) is 0 Å². The van der Waals surface area contributed by atoms with Crippen LogP contribution in [-0.4, -0.2) is 35.3 Å². The first kappa shape index (κ1) is 18.5. The van der Waals surface area contributed by atoms with Crippen LogP contribution in [0.15, 0.2) is 47.3 Å². The molecule has 2 aliphatic rings. The predicted octanol–water partition coefficient (Wildman–Crippen LogP) is 2.75. The average Bonchev–Trinajstić information content (AvgIpc) is 3.44. The Bertz CT molecular complexity index is 1170. The molecule has 3 heterocycles. The number of hydrogen-bond donors (Lipinski definition) is 1. The fraction of sp³-hybridized carbons (Fsp3) is 0.318. The molecule has 0 radical (unpaired) electrons. The van der Waals surface area contributed by atoms with Gasteiger partial charge in [0.2, 0.25) is 12.7 Å². The summed E-state index contributed by atoms with van der Waals surface area (Å²) in [4.78, 5) is 32.4. The maximum atomic E-state index is 13.2. The Morgan fingerprint density at radius 1 is 1.07 bits per heavy atom. The van der Waals surface area contributed by atoms with Crippen LogP contribution in [-0.2, 0) is 11.3 Å². The zero-order valence-corrected chi connectivity index (χ0v) is 16.5. The lowest BCUT2D eigenvalue weighted by Crippen LogP contribution is -2.32. The molecular weight excluding hydrogens is 384 g/mol. The van der Waals surface area contributed by atoms with Crippen molar-refractivity contribution in [3.8, 4) is 11.5 Å². The largest absolute Gasteiger partial charge is 0.454 e. The molecule has 1 N–H and O–H groups in total. The van der Waals surface area contributed by atoms with Crippen LogP contribution in [0.25, 0.3) is 11.0 Å². The van der Waals surface area contributed by atoms with Gasteiger partial charge in [-0.3, -0.25) is 9.59 Å². The molecule has 8 nitrogen and oxygen atoms in total. The molecule has 0 unspecified atom stereocenters. The fourth-order valence-electron chi connectivity index (χ4n) is 3.95. The molecule has 2 aliphatic heterocycles. The lowest BCUT2D eigenvalue weighted by Gasteiger charge is -2.19. The molecule has 3 aromatic rings. The maximum Gasteiger partial charge on any atom is 0.294 e. The molecule has 1 amide bonds. The van der Waals surface area contributed by atoms with Gasteiger partial charge in [0.25, 0.3) is 5.56 Å². The molecule has 5 rings (SSSR count). The molecule has 1 saturated heterocycles. The zero-order valence-electron chi connectivity index (χ0n) is 16.5. The molecule has 154 valence electrons. The van der Waals surface area contributed by atoms with Gasteiger partial charge in [-0.05, 0) is 37.1 Å². The normalized spacial score (nSPS) is 15.0. The highest BCUT2D eigenvalue weighted by Gasteiger charge is 2.20. The van der Waals surface area contributed by atoms with Crippen LogP contribution >= 0.6 is 0 Å². The van der Waals surface area contributed by atoms with Crippen molar-refractivity contribution in [2.75, 3.05) is 30.1 Å². The van der Waals surface area contributed by atoms with Crippen molar-refractivity contribution in [1.29, 1.82) is 0 Å². The number of hydrogen-bond acceptors (Lipinski definition) is 6. The van der Waals surface area contributed by atoms with E-state index in [0.717, 1.165) is 37.0 Å². The summed E-state index contributed by atoms with van der Waals surface area (Å²) in [5.74, 6) is 1.57. The van der Waals surface area contributed by atoms with Crippen LogP contribution in [0.5, 0.6) is 11.5 Å². The van der Waals surface area contributed by atoms with Crippen molar-refractivity contribution in [1.82, 2.24) is 9.55 Å². The number of nitrogens with one attached hydrogen (secondary N) is 1. The standard InChI is InChI=1S/C22H22N4O4/c27-20(23-15-7-8-18-19(13-15)30-14-29-18)9-12-26-17-6-2-1-5-16(17)24-21(22(26)28)25-10-3-4-11-25/h1-2,5-8,13H,3-4,9-12,14H2,(H,23,27). The van der Waals surface area contributed by atoms with E-state index in [9.17, 15) is 9.59 Å². The minimum Gasteiger partial charge on any atom is -0.454 e. The number of para-hydroxylation sites is 2. The Balaban J connectivity index is 1.37. The molecule has 0 atom stereocenters. The van der Waals surface area contributed by atoms with Gasteiger partial charge in [0, 0.05) is 37.8 Å². The van der Waals surface area contributed by atoms with Crippen molar-refractivity contribution in [3.05, 3.63) is 52.8 Å². The van der Waals surface area contributed by atoms with E-state index in [4.69, 9.17) is 9.47 Å². The van der Waals surface area contributed by atoms with Crippen LogP contribution in [0.3, 0.4) is 0 Å². The molecule has 8 heteroatoms. The Hall–Kier alpha value is -3.55. The second kappa shape index (κ2) is 7.70. The van der Waals surface area contributed by atoms with Crippen molar-refractivity contribution >= 4 is 28.4 Å². The summed E-state index contributed by atoms with van der Waals surface area (Å²) in [6.45, 7) is 2.14. The van der Waals surface area contributed by atoms with Gasteiger partial charge in [0.15, 0.2) is 17.3 Å². The number of nitrogens with zero attached hydrogens (tertiary/aromatic N) is 3. The van der Waals surface area contributed by atoms with E-state index in [0.29, 0.717) is 23.0 Å². The summed E-state index contributed by atoms with van der Waals surface area (Å²) in [5, 5.41) is 2.86. The second-order valence-electron chi connectivity index (χ2n) is 7.44. The summed E-state index contributed by atoms with van der Waals surface area (Å²) in [5.41, 5.74) is 1.98. The van der Waals surface area contributed by atoms with Crippen molar-refractivity contribution in [2.45, 2.75) is 25.8 Å². The van der Waals surface area contributed by atoms with Gasteiger partial charge >= 0.3 is 0 Å². The number of anilines is 2. The van der Waals surface area contributed by atoms with Crippen molar-refractivity contribution < 1.29 is 14.3 Å². The van der Waals surface area contributed by atoms with Gasteiger partial charge < -0.3 is 24.3 Å². The van der Waals surface area contributed by atoms with Gasteiger partial charge in [0.05, 0.1) is 11.0 Å². The number of ether oxygens (including phenoxy) is 2. The first-order valence-corrected chi connectivity index (χ1v) is 10.1. The molecule has 30 heavy (non-hydrogen) atoms. The summed E-state index contributed by atoms with van der Waals surface area (Å²) < 4.78 is 12.3. The highest BCUT2D eigenvalue weighted by molar-refractivity contribution is 5.91. The monoisotopic (exact) mass is 406 g/mol. The first-order chi connectivity index (χ1) is 14.7. The summed E-state index contributed by atoms with van der Waals surface area (Å²) in [6, 6.07) is 12.8. The van der Waals surface area contributed by atoms with Crippen LogP contribution in [0.1, 0.15) is 19.3 Å². The molecule has 0 saturated carbocycles. The van der Waals surface area contributed by atoms with Crippen molar-refractivity contribution in [3.63, 3.8) is 0 Å². The van der Waals surface area contributed by atoms with Crippen LogP contribution in [0.4, 0.5) is 11.5 Å². The Labute approximate surface area is 173 Å². The Kier molecular flexibility index (Phi) is 4.74. The van der Waals surface area contributed by atoms with E-state index in [2.05, 4.69) is 10.3 Å². The van der Waals surface area contributed by atoms with Crippen LogP contribution < -0.4 is 25.2 Å². The average molecular weight is 406 g/mol. The third-order valence-corrected chi connectivity index (χ3v) is 5.46. The lowest BCUT2D eigenvalue weighted by molar-refractivity contribution is -0.116. The molecule has 0 aliphatic carbocycles. The number of aryl methyl sites for hydroxylation is 1. The first-order valence-electron chi connectivity index (χ1n) is 10.1. The quantitative estimate of drug-likeness (QED) is 0.701. The van der Waals surface area contributed by atoms with Gasteiger partial charge in [-0.1, -0.05) is 12.1 Å². The third kappa shape index (κ3) is 3.45. The zero-order chi connectivity index (χ0) is 20.5. The van der Waals surface area contributed by atoms with Gasteiger partial charge in [-0.15, -0.1) is 0 Å². The van der Waals surface area contributed by atoms with E-state index in [-0.39, 0.29) is 31.2 Å². The predicted molar refractivity (Wildman–Crippen MR) is 113 cm³/mol. The second-order valence-corrected chi connectivity index (χ2v) is 7.44. The minimum absolute atomic E-state index is 0.147. The summed E-state index contributed by atoms with van der Waals surface area (Å²) in [7, 11) is 0. The molecule has 0 bridgehead atoms. The highest BCUT2D eigenvalue weighted by atomic mass is 16.7. The number of rotatable bonds is 5.